The van der Waals surface area contributed by atoms with Crippen molar-refractivity contribution in [3.05, 3.63) is 28.0 Å². The van der Waals surface area contributed by atoms with Gasteiger partial charge in [0.25, 0.3) is 5.91 Å². The number of nitrogens with one attached hydrogen (secondary N) is 1. The number of hydrogen-bond acceptors (Lipinski definition) is 5. The van der Waals surface area contributed by atoms with E-state index >= 15 is 0 Å². The number of hydrogen-bond donors (Lipinski definition) is 2. The van der Waals surface area contributed by atoms with Gasteiger partial charge in [0.2, 0.25) is 0 Å². The van der Waals surface area contributed by atoms with Gasteiger partial charge in [0, 0.05) is 24.8 Å². The third-order valence-corrected chi connectivity index (χ3v) is 3.78. The molecule has 1 amide bonds. The van der Waals surface area contributed by atoms with Crippen molar-refractivity contribution >= 4 is 22.4 Å². The van der Waals surface area contributed by atoms with Crippen LogP contribution in [0.25, 0.3) is 0 Å². The standard InChI is InChI=1S/C11H15N5OS/c1-6-9(18-11(12)15-6)10(17)13-4-8-5-14-16(3)7(8)2/h5H,4H2,1-3H3,(H2,12,15)(H,13,17). The highest BCUT2D eigenvalue weighted by atomic mass is 32.1. The van der Waals surface area contributed by atoms with Crippen LogP contribution in [-0.4, -0.2) is 20.7 Å². The van der Waals surface area contributed by atoms with Gasteiger partial charge in [-0.15, -0.1) is 0 Å². The Hall–Kier alpha value is -1.89. The van der Waals surface area contributed by atoms with Gasteiger partial charge in [0.1, 0.15) is 4.88 Å². The van der Waals surface area contributed by atoms with Gasteiger partial charge in [-0.25, -0.2) is 4.98 Å². The van der Waals surface area contributed by atoms with E-state index in [-0.39, 0.29) is 5.91 Å². The molecule has 0 aliphatic rings. The van der Waals surface area contributed by atoms with Gasteiger partial charge < -0.3 is 11.1 Å². The summed E-state index contributed by atoms with van der Waals surface area (Å²) in [5, 5.41) is 7.38. The van der Waals surface area contributed by atoms with Gasteiger partial charge in [0.05, 0.1) is 11.9 Å². The van der Waals surface area contributed by atoms with E-state index in [1.807, 2.05) is 14.0 Å². The van der Waals surface area contributed by atoms with E-state index < -0.39 is 0 Å². The van der Waals surface area contributed by atoms with Gasteiger partial charge in [0.15, 0.2) is 5.13 Å². The van der Waals surface area contributed by atoms with Crippen molar-refractivity contribution in [1.29, 1.82) is 0 Å². The van der Waals surface area contributed by atoms with Crippen LogP contribution in [0.2, 0.25) is 0 Å². The first-order valence-corrected chi connectivity index (χ1v) is 6.29. The summed E-state index contributed by atoms with van der Waals surface area (Å²) in [7, 11) is 1.87. The van der Waals surface area contributed by atoms with E-state index in [2.05, 4.69) is 15.4 Å². The topological polar surface area (TPSA) is 85.8 Å². The van der Waals surface area contributed by atoms with Crippen LogP contribution in [-0.2, 0) is 13.6 Å². The first-order chi connectivity index (χ1) is 8.49. The molecule has 0 bridgehead atoms. The Balaban J connectivity index is 2.05. The normalized spacial score (nSPS) is 10.6. The van der Waals surface area contributed by atoms with Gasteiger partial charge in [-0.3, -0.25) is 9.48 Å². The molecule has 0 saturated heterocycles. The molecule has 0 atom stereocenters. The lowest BCUT2D eigenvalue weighted by Crippen LogP contribution is -2.22. The number of nitrogen functional groups attached to an aromatic ring is 1. The summed E-state index contributed by atoms with van der Waals surface area (Å²) in [5.41, 5.74) is 8.27. The number of aryl methyl sites for hydroxylation is 2. The molecule has 7 heteroatoms. The Bertz CT molecular complexity index is 586. The molecule has 3 N–H and O–H groups in total. The van der Waals surface area contributed by atoms with Crippen molar-refractivity contribution in [2.24, 2.45) is 7.05 Å². The molecule has 96 valence electrons. The van der Waals surface area contributed by atoms with Crippen molar-refractivity contribution in [1.82, 2.24) is 20.1 Å². The second-order valence-corrected chi connectivity index (χ2v) is 5.06. The maximum absolute atomic E-state index is 11.9. The van der Waals surface area contributed by atoms with Crippen molar-refractivity contribution < 1.29 is 4.79 Å². The molecular formula is C11H15N5OS. The lowest BCUT2D eigenvalue weighted by atomic mass is 10.2. The maximum atomic E-state index is 11.9. The second-order valence-electron chi connectivity index (χ2n) is 4.03. The molecule has 0 radical (unpaired) electrons. The predicted octanol–water partition coefficient (Wildman–Crippen LogP) is 1.01. The van der Waals surface area contributed by atoms with Gasteiger partial charge >= 0.3 is 0 Å². The van der Waals surface area contributed by atoms with Crippen molar-refractivity contribution in [2.75, 3.05) is 5.73 Å². The van der Waals surface area contributed by atoms with Crippen LogP contribution in [0.1, 0.15) is 26.6 Å². The molecule has 2 aromatic heterocycles. The summed E-state index contributed by atoms with van der Waals surface area (Å²) in [6.07, 6.45) is 1.75. The van der Waals surface area contributed by atoms with E-state index in [0.29, 0.717) is 22.2 Å². The lowest BCUT2D eigenvalue weighted by molar-refractivity contribution is 0.0954. The predicted molar refractivity (Wildman–Crippen MR) is 70.4 cm³/mol. The fourth-order valence-electron chi connectivity index (χ4n) is 1.60. The summed E-state index contributed by atoms with van der Waals surface area (Å²) in [6, 6.07) is 0. The molecule has 18 heavy (non-hydrogen) atoms. The molecule has 0 aliphatic carbocycles. The Morgan fingerprint density at radius 3 is 2.78 bits per heavy atom. The Morgan fingerprint density at radius 1 is 1.56 bits per heavy atom. The molecule has 0 saturated carbocycles. The van der Waals surface area contributed by atoms with E-state index in [1.54, 1.807) is 17.8 Å². The van der Waals surface area contributed by atoms with Gasteiger partial charge in [-0.05, 0) is 13.8 Å². The number of anilines is 1. The minimum atomic E-state index is -0.148. The number of thiazole rings is 1. The van der Waals surface area contributed by atoms with E-state index in [1.165, 1.54) is 11.3 Å². The first-order valence-electron chi connectivity index (χ1n) is 5.47. The average molecular weight is 265 g/mol. The van der Waals surface area contributed by atoms with Crippen molar-refractivity contribution in [2.45, 2.75) is 20.4 Å². The number of carbonyl (C=O) groups excluding carboxylic acids is 1. The molecule has 6 nitrogen and oxygen atoms in total. The van der Waals surface area contributed by atoms with Crippen LogP contribution >= 0.6 is 11.3 Å². The summed E-state index contributed by atoms with van der Waals surface area (Å²) in [6.45, 7) is 4.19. The van der Waals surface area contributed by atoms with E-state index in [4.69, 9.17) is 5.73 Å². The van der Waals surface area contributed by atoms with Crippen molar-refractivity contribution in [3.8, 4) is 0 Å². The molecule has 2 aromatic rings. The minimum Gasteiger partial charge on any atom is -0.375 e. The fourth-order valence-corrected chi connectivity index (χ4v) is 2.35. The van der Waals surface area contributed by atoms with E-state index in [9.17, 15) is 4.79 Å². The zero-order chi connectivity index (χ0) is 13.3. The molecular weight excluding hydrogens is 250 g/mol. The minimum absolute atomic E-state index is 0.148. The number of aromatic nitrogens is 3. The Kier molecular flexibility index (Phi) is 3.33. The quantitative estimate of drug-likeness (QED) is 0.867. The molecule has 0 unspecified atom stereocenters. The smallest absolute Gasteiger partial charge is 0.263 e. The summed E-state index contributed by atoms with van der Waals surface area (Å²) in [4.78, 5) is 16.5. The summed E-state index contributed by atoms with van der Waals surface area (Å²) >= 11 is 1.20. The van der Waals surface area contributed by atoms with Gasteiger partial charge in [-0.2, -0.15) is 5.10 Å². The molecule has 0 spiro atoms. The van der Waals surface area contributed by atoms with Crippen LogP contribution in [0, 0.1) is 13.8 Å². The fraction of sp³-hybridized carbons (Fsp3) is 0.364. The van der Waals surface area contributed by atoms with Crippen molar-refractivity contribution in [3.63, 3.8) is 0 Å². The summed E-state index contributed by atoms with van der Waals surface area (Å²) < 4.78 is 1.78. The molecule has 0 fully saturated rings. The third-order valence-electron chi connectivity index (χ3n) is 2.80. The van der Waals surface area contributed by atoms with Crippen LogP contribution in [0.4, 0.5) is 5.13 Å². The van der Waals surface area contributed by atoms with E-state index in [0.717, 1.165) is 11.3 Å². The zero-order valence-corrected chi connectivity index (χ0v) is 11.3. The highest BCUT2D eigenvalue weighted by molar-refractivity contribution is 7.17. The van der Waals surface area contributed by atoms with Gasteiger partial charge in [-0.1, -0.05) is 11.3 Å². The number of carbonyl (C=O) groups is 1. The number of nitrogens with zero attached hydrogens (tertiary/aromatic N) is 3. The SMILES string of the molecule is Cc1nc(N)sc1C(=O)NCc1cnn(C)c1C. The van der Waals surface area contributed by atoms with Crippen LogP contribution in [0.5, 0.6) is 0 Å². The first kappa shape index (κ1) is 12.6. The zero-order valence-electron chi connectivity index (χ0n) is 10.5. The number of amides is 1. The maximum Gasteiger partial charge on any atom is 0.263 e. The number of rotatable bonds is 3. The Labute approximate surface area is 109 Å². The average Bonchev–Trinajstić information content (AvgIpc) is 2.81. The molecule has 0 aromatic carbocycles. The monoisotopic (exact) mass is 265 g/mol. The summed E-state index contributed by atoms with van der Waals surface area (Å²) in [5.74, 6) is -0.148. The van der Waals surface area contributed by atoms with Crippen LogP contribution in [0.15, 0.2) is 6.20 Å². The largest absolute Gasteiger partial charge is 0.375 e. The second kappa shape index (κ2) is 4.77. The molecule has 2 rings (SSSR count). The molecule has 2 heterocycles. The highest BCUT2D eigenvalue weighted by Crippen LogP contribution is 2.19. The van der Waals surface area contributed by atoms with Crippen LogP contribution < -0.4 is 11.1 Å². The Morgan fingerprint density at radius 2 is 2.28 bits per heavy atom. The third kappa shape index (κ3) is 2.35. The van der Waals surface area contributed by atoms with Crippen LogP contribution in [0.3, 0.4) is 0 Å². The molecule has 0 aliphatic heterocycles. The highest BCUT2D eigenvalue weighted by Gasteiger charge is 2.14. The lowest BCUT2D eigenvalue weighted by Gasteiger charge is -2.03. The number of nitrogens with two attached hydrogens (primary N) is 1.